The number of fused-ring (bicyclic) bond motifs is 3. The second kappa shape index (κ2) is 9.74. The lowest BCUT2D eigenvalue weighted by Crippen LogP contribution is -2.30. The number of hydrogen-bond acceptors (Lipinski definition) is 5. The van der Waals surface area contributed by atoms with Crippen molar-refractivity contribution < 1.29 is 9.84 Å². The molecule has 1 aromatic heterocycles. The summed E-state index contributed by atoms with van der Waals surface area (Å²) < 4.78 is 8.11. The molecule has 0 bridgehead atoms. The van der Waals surface area contributed by atoms with Crippen molar-refractivity contribution in [3.63, 3.8) is 0 Å². The van der Waals surface area contributed by atoms with E-state index >= 15 is 0 Å². The van der Waals surface area contributed by atoms with E-state index in [9.17, 15) is 5.11 Å². The highest BCUT2D eigenvalue weighted by Crippen LogP contribution is 2.36. The molecule has 1 aliphatic carbocycles. The van der Waals surface area contributed by atoms with Crippen molar-refractivity contribution in [3.05, 3.63) is 40.4 Å². The van der Waals surface area contributed by atoms with Gasteiger partial charge in [-0.25, -0.2) is 0 Å². The Morgan fingerprint density at radius 3 is 2.71 bits per heavy atom. The van der Waals surface area contributed by atoms with Gasteiger partial charge >= 0.3 is 0 Å². The molecule has 2 aromatic rings. The Kier molecular flexibility index (Phi) is 7.59. The average Bonchev–Trinajstić information content (AvgIpc) is 3.02. The maximum atomic E-state index is 9.28. The zero-order valence-corrected chi connectivity index (χ0v) is 17.8. The van der Waals surface area contributed by atoms with Crippen LogP contribution in [0.1, 0.15) is 48.8 Å². The van der Waals surface area contributed by atoms with Crippen LogP contribution in [0.25, 0.3) is 5.69 Å². The number of aromatic nitrogens is 3. The third-order valence-corrected chi connectivity index (χ3v) is 6.02. The quantitative estimate of drug-likeness (QED) is 0.685. The maximum absolute atomic E-state index is 9.28. The van der Waals surface area contributed by atoms with Crippen LogP contribution in [0.5, 0.6) is 0 Å². The lowest BCUT2D eigenvalue weighted by Gasteiger charge is -2.30. The van der Waals surface area contributed by atoms with Gasteiger partial charge in [0.2, 0.25) is 0 Å². The van der Waals surface area contributed by atoms with E-state index in [0.717, 1.165) is 60.2 Å². The van der Waals surface area contributed by atoms with E-state index in [2.05, 4.69) is 26.1 Å². The highest BCUT2D eigenvalue weighted by atomic mass is 35.5. The molecule has 0 unspecified atom stereocenters. The summed E-state index contributed by atoms with van der Waals surface area (Å²) in [5, 5.41) is 22.4. The molecular formula is C19H25Cl3N4O2. The average molecular weight is 448 g/mol. The monoisotopic (exact) mass is 446 g/mol. The van der Waals surface area contributed by atoms with Gasteiger partial charge in [-0.3, -0.25) is 4.57 Å². The van der Waals surface area contributed by atoms with E-state index in [4.69, 9.17) is 27.9 Å². The lowest BCUT2D eigenvalue weighted by atomic mass is 9.86. The molecule has 0 radical (unpaired) electrons. The maximum Gasteiger partial charge on any atom is 0.151 e. The lowest BCUT2D eigenvalue weighted by molar-refractivity contribution is -0.0444. The van der Waals surface area contributed by atoms with Crippen LogP contribution in [0.4, 0.5) is 0 Å². The molecule has 28 heavy (non-hydrogen) atoms. The van der Waals surface area contributed by atoms with Gasteiger partial charge in [-0.05, 0) is 49.4 Å². The van der Waals surface area contributed by atoms with Crippen LogP contribution in [0, 0.1) is 0 Å². The van der Waals surface area contributed by atoms with E-state index in [-0.39, 0.29) is 31.2 Å². The molecule has 1 aromatic carbocycles. The van der Waals surface area contributed by atoms with Crippen molar-refractivity contribution in [1.29, 1.82) is 0 Å². The first kappa shape index (κ1) is 21.8. The van der Waals surface area contributed by atoms with E-state index in [0.29, 0.717) is 18.3 Å². The number of benzene rings is 1. The summed E-state index contributed by atoms with van der Waals surface area (Å²) in [5.74, 6) is 2.62. The Bertz CT molecular complexity index is 789. The number of rotatable bonds is 5. The number of aliphatic hydroxyl groups excluding tert-OH is 1. The number of nitrogens with one attached hydrogen (secondary N) is 1. The van der Waals surface area contributed by atoms with Gasteiger partial charge in [0.15, 0.2) is 5.82 Å². The molecule has 154 valence electrons. The van der Waals surface area contributed by atoms with Gasteiger partial charge < -0.3 is 15.2 Å². The van der Waals surface area contributed by atoms with Crippen molar-refractivity contribution in [2.45, 2.75) is 56.9 Å². The molecule has 0 amide bonds. The Morgan fingerprint density at radius 2 is 2.00 bits per heavy atom. The molecule has 6 nitrogen and oxygen atoms in total. The van der Waals surface area contributed by atoms with Crippen LogP contribution < -0.4 is 5.32 Å². The largest absolute Gasteiger partial charge is 0.394 e. The minimum atomic E-state index is -0.278. The zero-order valence-electron chi connectivity index (χ0n) is 15.5. The van der Waals surface area contributed by atoms with Gasteiger partial charge in [0.1, 0.15) is 5.82 Å². The molecule has 9 heteroatoms. The Hall–Kier alpha value is -0.890. The number of ether oxygens (including phenoxy) is 1. The Balaban J connectivity index is 0.00000225. The Labute approximate surface area is 181 Å². The standard InChI is InChI=1S/C19H24Cl2N4O2.ClH/c20-8-16(11-26)27-15-4-1-12(2-5-15)19-24-23-18-10-22-9-13-7-14(21)3-6-17(13)25(18)19;/h3,6-7,12,15-16,22,26H,1-2,4-5,8-11H2;1H/t12?,15?,16-;/m1./s1. The summed E-state index contributed by atoms with van der Waals surface area (Å²) in [5.41, 5.74) is 2.27. The molecule has 2 N–H and O–H groups in total. The van der Waals surface area contributed by atoms with Crippen molar-refractivity contribution in [3.8, 4) is 5.69 Å². The molecule has 1 atom stereocenters. The molecular weight excluding hydrogens is 423 g/mol. The number of aliphatic hydroxyl groups is 1. The normalized spacial score (nSPS) is 22.5. The number of nitrogens with zero attached hydrogens (tertiary/aromatic N) is 3. The molecule has 4 rings (SSSR count). The highest BCUT2D eigenvalue weighted by molar-refractivity contribution is 6.30. The predicted octanol–water partition coefficient (Wildman–Crippen LogP) is 3.59. The number of alkyl halides is 1. The van der Waals surface area contributed by atoms with Gasteiger partial charge in [0.05, 0.1) is 36.9 Å². The van der Waals surface area contributed by atoms with Crippen molar-refractivity contribution in [1.82, 2.24) is 20.1 Å². The summed E-state index contributed by atoms with van der Waals surface area (Å²) in [6.07, 6.45) is 3.72. The molecule has 1 aliphatic heterocycles. The fourth-order valence-electron chi connectivity index (χ4n) is 4.05. The molecule has 2 aliphatic rings. The van der Waals surface area contributed by atoms with Gasteiger partial charge in [0, 0.05) is 17.5 Å². The molecule has 0 saturated heterocycles. The predicted molar refractivity (Wildman–Crippen MR) is 112 cm³/mol. The van der Waals surface area contributed by atoms with E-state index in [1.54, 1.807) is 0 Å². The first-order chi connectivity index (χ1) is 13.2. The summed E-state index contributed by atoms with van der Waals surface area (Å²) in [6, 6.07) is 5.99. The smallest absolute Gasteiger partial charge is 0.151 e. The summed E-state index contributed by atoms with van der Waals surface area (Å²) in [4.78, 5) is 0. The second-order valence-corrected chi connectivity index (χ2v) is 8.00. The van der Waals surface area contributed by atoms with Gasteiger partial charge in [-0.1, -0.05) is 11.6 Å². The SMILES string of the molecule is Cl.OC[C@@H](CCl)OC1CCC(c2nnc3n2-c2ccc(Cl)cc2CNC3)CC1. The van der Waals surface area contributed by atoms with Crippen LogP contribution in [0.15, 0.2) is 18.2 Å². The van der Waals surface area contributed by atoms with Gasteiger partial charge in [-0.15, -0.1) is 34.2 Å². The van der Waals surface area contributed by atoms with Crippen molar-refractivity contribution in [2.24, 2.45) is 0 Å². The topological polar surface area (TPSA) is 72.2 Å². The van der Waals surface area contributed by atoms with Crippen molar-refractivity contribution >= 4 is 35.6 Å². The summed E-state index contributed by atoms with van der Waals surface area (Å²) in [7, 11) is 0. The molecule has 1 saturated carbocycles. The first-order valence-electron chi connectivity index (χ1n) is 9.45. The van der Waals surface area contributed by atoms with E-state index < -0.39 is 0 Å². The minimum absolute atomic E-state index is 0. The number of hydrogen-bond donors (Lipinski definition) is 2. The summed E-state index contributed by atoms with van der Waals surface area (Å²) in [6.45, 7) is 1.42. The molecule has 0 spiro atoms. The number of halogens is 3. The fourth-order valence-corrected chi connectivity index (χ4v) is 4.42. The van der Waals surface area contributed by atoms with Gasteiger partial charge in [-0.2, -0.15) is 0 Å². The van der Waals surface area contributed by atoms with Crippen LogP contribution in [0.2, 0.25) is 5.02 Å². The molecule has 1 fully saturated rings. The van der Waals surface area contributed by atoms with Crippen LogP contribution in [-0.4, -0.2) is 44.6 Å². The van der Waals surface area contributed by atoms with Crippen molar-refractivity contribution in [2.75, 3.05) is 12.5 Å². The highest BCUT2D eigenvalue weighted by Gasteiger charge is 2.30. The van der Waals surface area contributed by atoms with E-state index in [1.807, 2.05) is 12.1 Å². The first-order valence-corrected chi connectivity index (χ1v) is 10.4. The fraction of sp³-hybridized carbons (Fsp3) is 0.579. The van der Waals surface area contributed by atoms with Crippen LogP contribution in [-0.2, 0) is 17.8 Å². The summed E-state index contributed by atoms with van der Waals surface area (Å²) >= 11 is 12.0. The van der Waals surface area contributed by atoms with E-state index in [1.165, 1.54) is 0 Å². The van der Waals surface area contributed by atoms with Gasteiger partial charge in [0.25, 0.3) is 0 Å². The third kappa shape index (κ3) is 4.48. The zero-order chi connectivity index (χ0) is 18.8. The van der Waals surface area contributed by atoms with Crippen LogP contribution in [0.3, 0.4) is 0 Å². The third-order valence-electron chi connectivity index (χ3n) is 5.44. The minimum Gasteiger partial charge on any atom is -0.394 e. The Morgan fingerprint density at radius 1 is 1.21 bits per heavy atom. The second-order valence-electron chi connectivity index (χ2n) is 7.26. The molecule has 2 heterocycles. The van der Waals surface area contributed by atoms with Crippen LogP contribution >= 0.6 is 35.6 Å².